The lowest BCUT2D eigenvalue weighted by atomic mass is 10.2. The summed E-state index contributed by atoms with van der Waals surface area (Å²) in [4.78, 5) is 3.93. The Labute approximate surface area is 111 Å². The Morgan fingerprint density at radius 2 is 2.05 bits per heavy atom. The molecule has 2 rings (SSSR count). The highest BCUT2D eigenvalue weighted by Crippen LogP contribution is 2.33. The summed E-state index contributed by atoms with van der Waals surface area (Å²) in [6.45, 7) is 3.63. The van der Waals surface area contributed by atoms with E-state index in [-0.39, 0.29) is 17.5 Å². The number of aromatic nitrogens is 1. The summed E-state index contributed by atoms with van der Waals surface area (Å²) >= 11 is 0. The summed E-state index contributed by atoms with van der Waals surface area (Å²) < 4.78 is 24.6. The first-order chi connectivity index (χ1) is 9.06. The largest absolute Gasteiger partial charge is 0.488 e. The average molecular weight is 262 g/mol. The van der Waals surface area contributed by atoms with Crippen LogP contribution >= 0.6 is 0 Å². The highest BCUT2D eigenvalue weighted by atomic mass is 19.1. The lowest BCUT2D eigenvalue weighted by molar-refractivity contribution is 0.230. The molecule has 2 N–H and O–H groups in total. The predicted octanol–water partition coefficient (Wildman–Crippen LogP) is 3.38. The fourth-order valence-electron chi connectivity index (χ4n) is 1.52. The van der Waals surface area contributed by atoms with Crippen molar-refractivity contribution >= 4 is 5.69 Å². The van der Waals surface area contributed by atoms with Gasteiger partial charge in [0.1, 0.15) is 5.75 Å². The number of nitrogens with zero attached hydrogens (tertiary/aromatic N) is 1. The van der Waals surface area contributed by atoms with E-state index >= 15 is 0 Å². The molecule has 0 saturated heterocycles. The number of benzene rings is 1. The van der Waals surface area contributed by atoms with Crippen LogP contribution in [0.15, 0.2) is 36.7 Å². The van der Waals surface area contributed by atoms with Crippen molar-refractivity contribution in [3.63, 3.8) is 0 Å². The van der Waals surface area contributed by atoms with Gasteiger partial charge in [0.25, 0.3) is 0 Å². The van der Waals surface area contributed by atoms with E-state index < -0.39 is 5.82 Å². The van der Waals surface area contributed by atoms with Crippen molar-refractivity contribution in [2.24, 2.45) is 0 Å². The minimum atomic E-state index is -0.510. The van der Waals surface area contributed by atoms with Crippen molar-refractivity contribution in [2.45, 2.75) is 20.0 Å². The van der Waals surface area contributed by atoms with E-state index in [4.69, 9.17) is 15.2 Å². The first kappa shape index (κ1) is 13.1. The summed E-state index contributed by atoms with van der Waals surface area (Å²) in [5.41, 5.74) is 5.93. The zero-order chi connectivity index (χ0) is 13.8. The monoisotopic (exact) mass is 262 g/mol. The molecule has 0 aliphatic carbocycles. The van der Waals surface area contributed by atoms with E-state index in [2.05, 4.69) is 4.98 Å². The van der Waals surface area contributed by atoms with Gasteiger partial charge in [-0.2, -0.15) is 0 Å². The van der Waals surface area contributed by atoms with Crippen LogP contribution in [-0.4, -0.2) is 11.1 Å². The van der Waals surface area contributed by atoms with Crippen molar-refractivity contribution in [2.75, 3.05) is 5.73 Å². The minimum Gasteiger partial charge on any atom is -0.488 e. The molecular formula is C14H15FN2O2. The molecule has 0 bridgehead atoms. The van der Waals surface area contributed by atoms with Crippen molar-refractivity contribution in [1.82, 2.24) is 4.98 Å². The molecule has 0 fully saturated rings. The number of hydrogen-bond donors (Lipinski definition) is 1. The van der Waals surface area contributed by atoms with Gasteiger partial charge < -0.3 is 15.2 Å². The number of pyridine rings is 1. The third kappa shape index (κ3) is 3.34. The average Bonchev–Trinajstić information content (AvgIpc) is 2.36. The first-order valence-corrected chi connectivity index (χ1v) is 5.90. The molecule has 5 heteroatoms. The zero-order valence-corrected chi connectivity index (χ0v) is 10.8. The Kier molecular flexibility index (Phi) is 3.85. The molecular weight excluding hydrogens is 247 g/mol. The van der Waals surface area contributed by atoms with Gasteiger partial charge in [0.2, 0.25) is 0 Å². The van der Waals surface area contributed by atoms with Crippen molar-refractivity contribution < 1.29 is 13.9 Å². The standard InChI is InChI=1S/C14H15FN2O2/c1-9(2)18-13-7-14(12(16)6-11(13)15)19-10-4-3-5-17-8-10/h3-9H,16H2,1-2H3. The number of nitrogens with two attached hydrogens (primary N) is 1. The summed E-state index contributed by atoms with van der Waals surface area (Å²) in [7, 11) is 0. The summed E-state index contributed by atoms with van der Waals surface area (Å²) in [5.74, 6) is 0.467. The van der Waals surface area contributed by atoms with E-state index in [1.807, 2.05) is 13.8 Å². The van der Waals surface area contributed by atoms with Crippen LogP contribution in [0.25, 0.3) is 0 Å². The van der Waals surface area contributed by atoms with Gasteiger partial charge in [-0.1, -0.05) is 0 Å². The van der Waals surface area contributed by atoms with Crippen LogP contribution < -0.4 is 15.2 Å². The molecule has 0 amide bonds. The van der Waals surface area contributed by atoms with Gasteiger partial charge in [-0.05, 0) is 26.0 Å². The fourth-order valence-corrected chi connectivity index (χ4v) is 1.52. The van der Waals surface area contributed by atoms with Crippen LogP contribution in [0.3, 0.4) is 0 Å². The number of halogens is 1. The third-order valence-electron chi connectivity index (χ3n) is 2.29. The topological polar surface area (TPSA) is 57.4 Å². The molecule has 0 atom stereocenters. The quantitative estimate of drug-likeness (QED) is 0.858. The molecule has 4 nitrogen and oxygen atoms in total. The van der Waals surface area contributed by atoms with E-state index in [1.165, 1.54) is 12.1 Å². The molecule has 19 heavy (non-hydrogen) atoms. The van der Waals surface area contributed by atoms with Crippen LogP contribution in [0.5, 0.6) is 17.2 Å². The van der Waals surface area contributed by atoms with Gasteiger partial charge >= 0.3 is 0 Å². The second kappa shape index (κ2) is 5.56. The summed E-state index contributed by atoms with van der Waals surface area (Å²) in [6, 6.07) is 6.10. The van der Waals surface area contributed by atoms with Gasteiger partial charge in [-0.15, -0.1) is 0 Å². The number of ether oxygens (including phenoxy) is 2. The van der Waals surface area contributed by atoms with E-state index in [0.29, 0.717) is 11.5 Å². The van der Waals surface area contributed by atoms with Crippen molar-refractivity contribution in [3.8, 4) is 17.2 Å². The molecule has 1 aromatic carbocycles. The maximum absolute atomic E-state index is 13.7. The van der Waals surface area contributed by atoms with Gasteiger partial charge in [0, 0.05) is 18.3 Å². The van der Waals surface area contributed by atoms with Crippen LogP contribution in [0.4, 0.5) is 10.1 Å². The maximum atomic E-state index is 13.7. The molecule has 0 radical (unpaired) electrons. The third-order valence-corrected chi connectivity index (χ3v) is 2.29. The minimum absolute atomic E-state index is 0.114. The molecule has 0 unspecified atom stereocenters. The maximum Gasteiger partial charge on any atom is 0.167 e. The Balaban J connectivity index is 2.29. The Morgan fingerprint density at radius 1 is 1.26 bits per heavy atom. The Bertz CT molecular complexity index is 559. The van der Waals surface area contributed by atoms with E-state index in [1.54, 1.807) is 24.5 Å². The van der Waals surface area contributed by atoms with Crippen molar-refractivity contribution in [1.29, 1.82) is 0 Å². The lowest BCUT2D eigenvalue weighted by Crippen LogP contribution is -2.07. The number of nitrogen functional groups attached to an aromatic ring is 1. The predicted molar refractivity (Wildman–Crippen MR) is 70.9 cm³/mol. The summed E-state index contributed by atoms with van der Waals surface area (Å²) in [6.07, 6.45) is 3.05. The second-order valence-corrected chi connectivity index (χ2v) is 4.28. The number of rotatable bonds is 4. The smallest absolute Gasteiger partial charge is 0.167 e. The molecule has 0 saturated carbocycles. The second-order valence-electron chi connectivity index (χ2n) is 4.28. The molecule has 1 aromatic heterocycles. The molecule has 0 spiro atoms. The molecule has 1 heterocycles. The van der Waals surface area contributed by atoms with E-state index in [9.17, 15) is 4.39 Å². The van der Waals surface area contributed by atoms with E-state index in [0.717, 1.165) is 0 Å². The lowest BCUT2D eigenvalue weighted by Gasteiger charge is -2.14. The molecule has 0 aliphatic heterocycles. The van der Waals surface area contributed by atoms with Crippen LogP contribution in [0, 0.1) is 5.82 Å². The molecule has 0 aliphatic rings. The Morgan fingerprint density at radius 3 is 2.68 bits per heavy atom. The normalized spacial score (nSPS) is 10.5. The van der Waals surface area contributed by atoms with Crippen LogP contribution in [0.1, 0.15) is 13.8 Å². The molecule has 2 aromatic rings. The number of hydrogen-bond acceptors (Lipinski definition) is 4. The zero-order valence-electron chi connectivity index (χ0n) is 10.8. The first-order valence-electron chi connectivity index (χ1n) is 5.90. The molecule has 100 valence electrons. The van der Waals surface area contributed by atoms with Gasteiger partial charge in [-0.3, -0.25) is 4.98 Å². The fraction of sp³-hybridized carbons (Fsp3) is 0.214. The van der Waals surface area contributed by atoms with Gasteiger partial charge in [0.05, 0.1) is 18.0 Å². The van der Waals surface area contributed by atoms with Gasteiger partial charge in [-0.25, -0.2) is 4.39 Å². The van der Waals surface area contributed by atoms with Crippen molar-refractivity contribution in [3.05, 3.63) is 42.5 Å². The van der Waals surface area contributed by atoms with Crippen LogP contribution in [-0.2, 0) is 0 Å². The summed E-state index contributed by atoms with van der Waals surface area (Å²) in [5, 5.41) is 0. The van der Waals surface area contributed by atoms with Gasteiger partial charge in [0.15, 0.2) is 17.3 Å². The van der Waals surface area contributed by atoms with Crippen LogP contribution in [0.2, 0.25) is 0 Å². The Hall–Kier alpha value is -2.30. The highest BCUT2D eigenvalue weighted by molar-refractivity contribution is 5.57. The number of anilines is 1. The SMILES string of the molecule is CC(C)Oc1cc(Oc2cccnc2)c(N)cc1F. The highest BCUT2D eigenvalue weighted by Gasteiger charge is 2.12.